The van der Waals surface area contributed by atoms with Crippen molar-refractivity contribution in [3.05, 3.63) is 23.9 Å². The largest absolute Gasteiger partial charge is 0.396 e. The van der Waals surface area contributed by atoms with Crippen LogP contribution in [0.1, 0.15) is 18.5 Å². The van der Waals surface area contributed by atoms with Gasteiger partial charge in [0.15, 0.2) is 0 Å². The van der Waals surface area contributed by atoms with E-state index >= 15 is 0 Å². The lowest BCUT2D eigenvalue weighted by molar-refractivity contribution is 0.208. The zero-order chi connectivity index (χ0) is 12.3. The molecule has 0 aliphatic carbocycles. The topological polar surface area (TPSA) is 62.4 Å². The summed E-state index contributed by atoms with van der Waals surface area (Å²) in [6.45, 7) is 2.07. The van der Waals surface area contributed by atoms with Crippen molar-refractivity contribution in [1.82, 2.24) is 4.98 Å². The Labute approximate surface area is 106 Å². The number of aromatic nitrogens is 1. The fourth-order valence-corrected chi connectivity index (χ4v) is 2.27. The minimum Gasteiger partial charge on any atom is -0.396 e. The highest BCUT2D eigenvalue weighted by Gasteiger charge is 2.20. The van der Waals surface area contributed by atoms with Crippen LogP contribution < -0.4 is 10.6 Å². The third-order valence-corrected chi connectivity index (χ3v) is 3.30. The lowest BCUT2D eigenvalue weighted by atomic mass is 9.99. The summed E-state index contributed by atoms with van der Waals surface area (Å²) < 4.78 is 0. The minimum atomic E-state index is 0.242. The number of hydrogen-bond donors (Lipinski definition) is 2. The SMILES string of the molecule is NC(=S)c1cccc(N2CCCC(CO)C2)n1. The normalized spacial score (nSPS) is 20.3. The fourth-order valence-electron chi connectivity index (χ4n) is 2.16. The molecule has 1 unspecified atom stereocenters. The third kappa shape index (κ3) is 2.92. The van der Waals surface area contributed by atoms with Crippen molar-refractivity contribution in [2.75, 3.05) is 24.6 Å². The average Bonchev–Trinajstić information content (AvgIpc) is 2.39. The van der Waals surface area contributed by atoms with Gasteiger partial charge in [-0.3, -0.25) is 0 Å². The minimum absolute atomic E-state index is 0.242. The first-order valence-electron chi connectivity index (χ1n) is 5.83. The maximum Gasteiger partial charge on any atom is 0.129 e. The quantitative estimate of drug-likeness (QED) is 0.782. The zero-order valence-corrected chi connectivity index (χ0v) is 10.5. The maximum absolute atomic E-state index is 9.21. The van der Waals surface area contributed by atoms with Crippen LogP contribution in [-0.2, 0) is 0 Å². The number of aliphatic hydroxyl groups excluding tert-OH is 1. The van der Waals surface area contributed by atoms with Crippen molar-refractivity contribution in [1.29, 1.82) is 0 Å². The molecule has 0 amide bonds. The molecule has 5 heteroatoms. The Hall–Kier alpha value is -1.20. The van der Waals surface area contributed by atoms with Crippen LogP contribution in [0, 0.1) is 5.92 Å². The van der Waals surface area contributed by atoms with Crippen LogP contribution >= 0.6 is 12.2 Å². The van der Waals surface area contributed by atoms with E-state index in [0.717, 1.165) is 31.7 Å². The van der Waals surface area contributed by atoms with E-state index < -0.39 is 0 Å². The molecule has 2 rings (SSSR count). The second kappa shape index (κ2) is 5.42. The third-order valence-electron chi connectivity index (χ3n) is 3.09. The van der Waals surface area contributed by atoms with Crippen molar-refractivity contribution in [2.45, 2.75) is 12.8 Å². The zero-order valence-electron chi connectivity index (χ0n) is 9.67. The molecule has 0 bridgehead atoms. The maximum atomic E-state index is 9.21. The highest BCUT2D eigenvalue weighted by atomic mass is 32.1. The van der Waals surface area contributed by atoms with E-state index in [4.69, 9.17) is 18.0 Å². The summed E-state index contributed by atoms with van der Waals surface area (Å²) >= 11 is 4.93. The van der Waals surface area contributed by atoms with Crippen LogP contribution in [0.2, 0.25) is 0 Å². The fraction of sp³-hybridized carbons (Fsp3) is 0.500. The van der Waals surface area contributed by atoms with E-state index in [-0.39, 0.29) is 6.61 Å². The van der Waals surface area contributed by atoms with E-state index in [0.29, 0.717) is 16.6 Å². The molecule has 92 valence electrons. The van der Waals surface area contributed by atoms with E-state index in [9.17, 15) is 5.11 Å². The Morgan fingerprint density at radius 1 is 1.59 bits per heavy atom. The van der Waals surface area contributed by atoms with Gasteiger partial charge in [0, 0.05) is 19.7 Å². The first kappa shape index (κ1) is 12.3. The number of nitrogens with two attached hydrogens (primary N) is 1. The van der Waals surface area contributed by atoms with Crippen molar-refractivity contribution in [2.24, 2.45) is 11.7 Å². The summed E-state index contributed by atoms with van der Waals surface area (Å²) in [4.78, 5) is 6.95. The predicted octanol–water partition coefficient (Wildman–Crippen LogP) is 0.924. The van der Waals surface area contributed by atoms with Gasteiger partial charge in [-0.15, -0.1) is 0 Å². The Morgan fingerprint density at radius 2 is 2.41 bits per heavy atom. The van der Waals surface area contributed by atoms with Gasteiger partial charge in [-0.1, -0.05) is 18.3 Å². The second-order valence-electron chi connectivity index (χ2n) is 4.38. The molecule has 0 radical (unpaired) electrons. The first-order valence-corrected chi connectivity index (χ1v) is 6.24. The summed E-state index contributed by atoms with van der Waals surface area (Å²) in [5.74, 6) is 1.24. The van der Waals surface area contributed by atoms with E-state index in [1.165, 1.54) is 0 Å². The molecular formula is C12H17N3OS. The van der Waals surface area contributed by atoms with Gasteiger partial charge in [0.05, 0.1) is 5.69 Å². The molecule has 4 nitrogen and oxygen atoms in total. The molecule has 1 atom stereocenters. The van der Waals surface area contributed by atoms with Gasteiger partial charge in [-0.05, 0) is 30.9 Å². The number of piperidine rings is 1. The first-order chi connectivity index (χ1) is 8.20. The molecule has 1 aliphatic heterocycles. The number of anilines is 1. The van der Waals surface area contributed by atoms with Gasteiger partial charge in [-0.25, -0.2) is 4.98 Å². The molecule has 17 heavy (non-hydrogen) atoms. The van der Waals surface area contributed by atoms with Gasteiger partial charge in [0.2, 0.25) is 0 Å². The molecule has 1 saturated heterocycles. The molecule has 1 aromatic rings. The summed E-state index contributed by atoms with van der Waals surface area (Å²) in [5.41, 5.74) is 6.23. The number of rotatable bonds is 3. The second-order valence-corrected chi connectivity index (χ2v) is 4.82. The Balaban J connectivity index is 2.16. The molecule has 1 fully saturated rings. The van der Waals surface area contributed by atoms with Gasteiger partial charge >= 0.3 is 0 Å². The molecule has 2 heterocycles. The summed E-state index contributed by atoms with van der Waals surface area (Å²) in [7, 11) is 0. The van der Waals surface area contributed by atoms with Gasteiger partial charge < -0.3 is 15.7 Å². The van der Waals surface area contributed by atoms with Crippen LogP contribution in [0.4, 0.5) is 5.82 Å². The number of hydrogen-bond acceptors (Lipinski definition) is 4. The van der Waals surface area contributed by atoms with Crippen LogP contribution in [0.15, 0.2) is 18.2 Å². The van der Waals surface area contributed by atoms with Gasteiger partial charge in [-0.2, -0.15) is 0 Å². The van der Waals surface area contributed by atoms with E-state index in [1.807, 2.05) is 18.2 Å². The molecular weight excluding hydrogens is 234 g/mol. The lowest BCUT2D eigenvalue weighted by Gasteiger charge is -2.32. The van der Waals surface area contributed by atoms with Gasteiger partial charge in [0.1, 0.15) is 10.8 Å². The summed E-state index contributed by atoms with van der Waals surface area (Å²) in [6, 6.07) is 5.69. The smallest absolute Gasteiger partial charge is 0.129 e. The monoisotopic (exact) mass is 251 g/mol. The van der Waals surface area contributed by atoms with Gasteiger partial charge in [0.25, 0.3) is 0 Å². The molecule has 0 aromatic carbocycles. The molecule has 3 N–H and O–H groups in total. The van der Waals surface area contributed by atoms with Crippen molar-refractivity contribution < 1.29 is 5.11 Å². The summed E-state index contributed by atoms with van der Waals surface area (Å²) in [5, 5.41) is 9.21. The molecule has 1 aromatic heterocycles. The molecule has 0 saturated carbocycles. The van der Waals surface area contributed by atoms with Crippen molar-refractivity contribution in [3.63, 3.8) is 0 Å². The van der Waals surface area contributed by atoms with Crippen LogP contribution in [0.25, 0.3) is 0 Å². The van der Waals surface area contributed by atoms with Crippen LogP contribution in [0.3, 0.4) is 0 Å². The summed E-state index contributed by atoms with van der Waals surface area (Å²) in [6.07, 6.45) is 2.17. The Morgan fingerprint density at radius 3 is 3.12 bits per heavy atom. The van der Waals surface area contributed by atoms with Crippen molar-refractivity contribution >= 4 is 23.0 Å². The lowest BCUT2D eigenvalue weighted by Crippen LogP contribution is -2.37. The van der Waals surface area contributed by atoms with E-state index in [1.54, 1.807) is 0 Å². The standard InChI is InChI=1S/C12H17N3OS/c13-12(17)10-4-1-5-11(14-10)15-6-2-3-9(7-15)8-16/h1,4-5,9,16H,2-3,6-8H2,(H2,13,17). The average molecular weight is 251 g/mol. The number of aliphatic hydroxyl groups is 1. The molecule has 0 spiro atoms. The predicted molar refractivity (Wildman–Crippen MR) is 72.1 cm³/mol. The number of thiocarbonyl (C=S) groups is 1. The number of pyridine rings is 1. The van der Waals surface area contributed by atoms with Crippen molar-refractivity contribution in [3.8, 4) is 0 Å². The highest BCUT2D eigenvalue weighted by Crippen LogP contribution is 2.21. The number of nitrogens with zero attached hydrogens (tertiary/aromatic N) is 2. The van der Waals surface area contributed by atoms with E-state index in [2.05, 4.69) is 9.88 Å². The Bertz CT molecular complexity index is 410. The van der Waals surface area contributed by atoms with Crippen LogP contribution in [0.5, 0.6) is 0 Å². The Kier molecular flexibility index (Phi) is 3.91. The highest BCUT2D eigenvalue weighted by molar-refractivity contribution is 7.80. The molecule has 1 aliphatic rings. The van der Waals surface area contributed by atoms with Crippen LogP contribution in [-0.4, -0.2) is 34.8 Å².